The summed E-state index contributed by atoms with van der Waals surface area (Å²) < 4.78 is 0.988. The number of halogens is 2. The van der Waals surface area contributed by atoms with Crippen molar-refractivity contribution in [3.05, 3.63) is 98.0 Å². The molecule has 1 fully saturated rings. The Bertz CT molecular complexity index is 1270. The third-order valence-corrected chi connectivity index (χ3v) is 9.27. The molecule has 0 bridgehead atoms. The number of fused-ring (bicyclic) bond motifs is 3. The van der Waals surface area contributed by atoms with Gasteiger partial charge in [0.25, 0.3) is 5.69 Å². The first-order chi connectivity index (χ1) is 16.3. The highest BCUT2D eigenvalue weighted by Crippen LogP contribution is 2.58. The predicted molar refractivity (Wildman–Crippen MR) is 137 cm³/mol. The summed E-state index contributed by atoms with van der Waals surface area (Å²) in [7, 11) is 0. The molecular weight excluding hydrogens is 540 g/mol. The molecule has 0 saturated heterocycles. The van der Waals surface area contributed by atoms with Crippen LogP contribution in [-0.2, 0) is 0 Å². The van der Waals surface area contributed by atoms with Crippen molar-refractivity contribution in [1.29, 1.82) is 0 Å². The van der Waals surface area contributed by atoms with E-state index in [0.717, 1.165) is 27.7 Å². The Morgan fingerprint density at radius 3 is 2.59 bits per heavy atom. The van der Waals surface area contributed by atoms with Gasteiger partial charge in [-0.15, -0.1) is 23.4 Å². The number of nitrogens with zero attached hydrogens (tertiary/aromatic N) is 1. The Hall–Kier alpha value is -2.55. The summed E-state index contributed by atoms with van der Waals surface area (Å²) in [5.74, 6) is -0.976. The number of carbonyl (C=O) groups is 1. The standard InChI is InChI=1S/C25H20BrClN2O4S/c26-15-8-5-13(6-9-15)24-17-12-21(34-20-4-2-1-3-19(20)29(32)33)23(27)22(17)16-11-14(25(30)31)7-10-18(16)28-24/h1-11,17,21-24,28H,12H2,(H,30,31). The van der Waals surface area contributed by atoms with Crippen LogP contribution >= 0.6 is 39.3 Å². The van der Waals surface area contributed by atoms with Crippen LogP contribution in [0, 0.1) is 16.0 Å². The Morgan fingerprint density at radius 1 is 1.15 bits per heavy atom. The van der Waals surface area contributed by atoms with Gasteiger partial charge < -0.3 is 10.4 Å². The normalized spacial score (nSPS) is 25.2. The molecule has 174 valence electrons. The molecule has 1 saturated carbocycles. The van der Waals surface area contributed by atoms with Crippen LogP contribution in [0.4, 0.5) is 11.4 Å². The maximum Gasteiger partial charge on any atom is 0.335 e. The van der Waals surface area contributed by atoms with E-state index in [0.29, 0.717) is 4.90 Å². The van der Waals surface area contributed by atoms with Crippen LogP contribution in [0.15, 0.2) is 76.1 Å². The number of aromatic carboxylic acids is 1. The molecule has 3 aromatic carbocycles. The molecule has 5 atom stereocenters. The average Bonchev–Trinajstić information content (AvgIpc) is 3.15. The lowest BCUT2D eigenvalue weighted by Gasteiger charge is -2.38. The molecule has 1 aliphatic carbocycles. The Labute approximate surface area is 214 Å². The Kier molecular flexibility index (Phi) is 6.31. The minimum atomic E-state index is -0.982. The fourth-order valence-corrected chi connectivity index (χ4v) is 7.33. The second kappa shape index (κ2) is 9.24. The lowest BCUT2D eigenvalue weighted by atomic mass is 9.77. The molecule has 3 aromatic rings. The minimum absolute atomic E-state index is 0.0149. The van der Waals surface area contributed by atoms with Gasteiger partial charge >= 0.3 is 5.97 Å². The summed E-state index contributed by atoms with van der Waals surface area (Å²) in [6, 6.07) is 20.0. The monoisotopic (exact) mass is 558 g/mol. The van der Waals surface area contributed by atoms with Gasteiger partial charge in [0.1, 0.15) is 0 Å². The van der Waals surface area contributed by atoms with E-state index in [-0.39, 0.29) is 44.7 Å². The molecule has 0 radical (unpaired) electrons. The van der Waals surface area contributed by atoms with Gasteiger partial charge in [0, 0.05) is 27.4 Å². The van der Waals surface area contributed by atoms with Crippen LogP contribution in [0.3, 0.4) is 0 Å². The SMILES string of the molecule is O=C(O)c1ccc2c(c1)C1C(Cl)C(Sc3ccccc3[N+](=O)[O-])CC1C(c1ccc(Br)cc1)N2. The highest BCUT2D eigenvalue weighted by Gasteiger charge is 2.50. The summed E-state index contributed by atoms with van der Waals surface area (Å²) in [5, 5.41) is 24.3. The Morgan fingerprint density at radius 2 is 1.88 bits per heavy atom. The van der Waals surface area contributed by atoms with Gasteiger partial charge in [-0.2, -0.15) is 0 Å². The zero-order valence-corrected chi connectivity index (χ0v) is 20.9. The minimum Gasteiger partial charge on any atom is -0.478 e. The first kappa shape index (κ1) is 23.2. The molecule has 0 spiro atoms. The van der Waals surface area contributed by atoms with Gasteiger partial charge in [-0.05, 0) is 59.9 Å². The molecule has 9 heteroatoms. The van der Waals surface area contributed by atoms with Crippen LogP contribution in [0.5, 0.6) is 0 Å². The van der Waals surface area contributed by atoms with Gasteiger partial charge in [0.05, 0.1) is 26.8 Å². The van der Waals surface area contributed by atoms with E-state index in [1.54, 1.807) is 30.3 Å². The number of para-hydroxylation sites is 1. The number of hydrogen-bond acceptors (Lipinski definition) is 5. The lowest BCUT2D eigenvalue weighted by Crippen LogP contribution is -2.31. The van der Waals surface area contributed by atoms with Crippen molar-refractivity contribution in [2.75, 3.05) is 5.32 Å². The van der Waals surface area contributed by atoms with E-state index in [4.69, 9.17) is 11.6 Å². The lowest BCUT2D eigenvalue weighted by molar-refractivity contribution is -0.387. The van der Waals surface area contributed by atoms with E-state index in [1.165, 1.54) is 17.8 Å². The quantitative estimate of drug-likeness (QED) is 0.197. The first-order valence-corrected chi connectivity index (χ1v) is 12.9. The third-order valence-electron chi connectivity index (χ3n) is 6.63. The van der Waals surface area contributed by atoms with Crippen LogP contribution in [-0.4, -0.2) is 26.6 Å². The molecular formula is C25H20BrClN2O4S. The van der Waals surface area contributed by atoms with E-state index < -0.39 is 5.97 Å². The van der Waals surface area contributed by atoms with Crippen molar-refractivity contribution in [2.24, 2.45) is 5.92 Å². The van der Waals surface area contributed by atoms with Crippen molar-refractivity contribution in [2.45, 2.75) is 33.9 Å². The zero-order chi connectivity index (χ0) is 24.0. The number of carboxylic acids is 1. The van der Waals surface area contributed by atoms with Gasteiger partial charge in [0.2, 0.25) is 0 Å². The number of hydrogen-bond donors (Lipinski definition) is 2. The van der Waals surface area contributed by atoms with E-state index in [1.807, 2.05) is 18.2 Å². The van der Waals surface area contributed by atoms with Crippen LogP contribution < -0.4 is 5.32 Å². The molecule has 34 heavy (non-hydrogen) atoms. The van der Waals surface area contributed by atoms with Crippen molar-refractivity contribution >= 4 is 56.6 Å². The molecule has 1 aliphatic heterocycles. The molecule has 6 nitrogen and oxygen atoms in total. The molecule has 5 rings (SSSR count). The Balaban J connectivity index is 1.55. The van der Waals surface area contributed by atoms with Gasteiger partial charge in [0.15, 0.2) is 0 Å². The zero-order valence-electron chi connectivity index (χ0n) is 17.7. The summed E-state index contributed by atoms with van der Waals surface area (Å²) in [4.78, 5) is 23.4. The van der Waals surface area contributed by atoms with E-state index >= 15 is 0 Å². The number of nitro benzene ring substituents is 1. The van der Waals surface area contributed by atoms with E-state index in [9.17, 15) is 20.0 Å². The molecule has 5 unspecified atom stereocenters. The van der Waals surface area contributed by atoms with Gasteiger partial charge in [-0.3, -0.25) is 10.1 Å². The van der Waals surface area contributed by atoms with E-state index in [2.05, 4.69) is 33.4 Å². The number of alkyl halides is 1. The summed E-state index contributed by atoms with van der Waals surface area (Å²) >= 11 is 12.0. The molecule has 0 aromatic heterocycles. The molecule has 0 amide bonds. The highest BCUT2D eigenvalue weighted by molar-refractivity contribution is 9.10. The predicted octanol–water partition coefficient (Wildman–Crippen LogP) is 7.09. The number of nitro groups is 1. The van der Waals surface area contributed by atoms with Crippen molar-refractivity contribution < 1.29 is 14.8 Å². The summed E-state index contributed by atoms with van der Waals surface area (Å²) in [6.07, 6.45) is 0.736. The second-order valence-corrected chi connectivity index (χ2v) is 11.2. The van der Waals surface area contributed by atoms with Crippen LogP contribution in [0.25, 0.3) is 0 Å². The number of anilines is 1. The van der Waals surface area contributed by atoms with Crippen molar-refractivity contribution in [3.8, 4) is 0 Å². The highest BCUT2D eigenvalue weighted by atomic mass is 79.9. The fraction of sp³-hybridized carbons (Fsp3) is 0.240. The summed E-state index contributed by atoms with van der Waals surface area (Å²) in [5.41, 5.74) is 3.18. The fourth-order valence-electron chi connectivity index (χ4n) is 5.12. The largest absolute Gasteiger partial charge is 0.478 e. The summed E-state index contributed by atoms with van der Waals surface area (Å²) in [6.45, 7) is 0. The topological polar surface area (TPSA) is 92.5 Å². The van der Waals surface area contributed by atoms with Crippen molar-refractivity contribution in [1.82, 2.24) is 0 Å². The maximum absolute atomic E-state index is 11.7. The molecule has 1 heterocycles. The maximum atomic E-state index is 11.7. The van der Waals surface area contributed by atoms with Gasteiger partial charge in [-0.1, -0.05) is 40.2 Å². The smallest absolute Gasteiger partial charge is 0.335 e. The number of rotatable bonds is 5. The third kappa shape index (κ3) is 4.19. The first-order valence-electron chi connectivity index (χ1n) is 10.8. The number of carboxylic acid groups (broad SMARTS) is 1. The number of nitrogens with one attached hydrogen (secondary N) is 1. The average molecular weight is 560 g/mol. The second-order valence-electron chi connectivity index (χ2n) is 8.53. The van der Waals surface area contributed by atoms with Crippen LogP contribution in [0.1, 0.15) is 39.9 Å². The number of thioether (sulfide) groups is 1. The van der Waals surface area contributed by atoms with Crippen molar-refractivity contribution in [3.63, 3.8) is 0 Å². The molecule has 2 aliphatic rings. The molecule has 2 N–H and O–H groups in total. The number of benzene rings is 3. The van der Waals surface area contributed by atoms with Gasteiger partial charge in [-0.25, -0.2) is 4.79 Å². The van der Waals surface area contributed by atoms with Crippen LogP contribution in [0.2, 0.25) is 0 Å².